The first kappa shape index (κ1) is 20.4. The van der Waals surface area contributed by atoms with Crippen LogP contribution in [-0.4, -0.2) is 53.2 Å². The standard InChI is InChI=1S/C19H27N5O3/c1-12-18(13(2)24(5)22-12)21-19(26)14(3)23(4)11-17(25)20-15-7-9-16(27-6)10-8-15/h7-10,14H,11H2,1-6H3,(H,20,25)(H,21,26)/t14-/m0/s1. The monoisotopic (exact) mass is 373 g/mol. The van der Waals surface area contributed by atoms with Crippen LogP contribution in [0.15, 0.2) is 24.3 Å². The van der Waals surface area contributed by atoms with E-state index in [9.17, 15) is 9.59 Å². The lowest BCUT2D eigenvalue weighted by Crippen LogP contribution is -2.43. The Morgan fingerprint density at radius 1 is 1.22 bits per heavy atom. The van der Waals surface area contributed by atoms with Crippen molar-refractivity contribution in [2.45, 2.75) is 26.8 Å². The fourth-order valence-electron chi connectivity index (χ4n) is 2.62. The predicted octanol–water partition coefficient (Wildman–Crippen LogP) is 1.94. The first-order chi connectivity index (χ1) is 12.7. The Morgan fingerprint density at radius 2 is 1.85 bits per heavy atom. The lowest BCUT2D eigenvalue weighted by Gasteiger charge is -2.23. The van der Waals surface area contributed by atoms with Crippen LogP contribution in [0.4, 0.5) is 11.4 Å². The summed E-state index contributed by atoms with van der Waals surface area (Å²) in [5, 5.41) is 10.0. The van der Waals surface area contributed by atoms with Crippen LogP contribution in [0.1, 0.15) is 18.3 Å². The van der Waals surface area contributed by atoms with E-state index in [4.69, 9.17) is 4.74 Å². The van der Waals surface area contributed by atoms with Gasteiger partial charge in [-0.25, -0.2) is 0 Å². The zero-order valence-electron chi connectivity index (χ0n) is 16.7. The van der Waals surface area contributed by atoms with Crippen LogP contribution < -0.4 is 15.4 Å². The van der Waals surface area contributed by atoms with Gasteiger partial charge < -0.3 is 15.4 Å². The summed E-state index contributed by atoms with van der Waals surface area (Å²) in [6.07, 6.45) is 0. The van der Waals surface area contributed by atoms with Crippen molar-refractivity contribution in [1.29, 1.82) is 0 Å². The van der Waals surface area contributed by atoms with Crippen LogP contribution in [0, 0.1) is 13.8 Å². The summed E-state index contributed by atoms with van der Waals surface area (Å²) in [7, 11) is 5.15. The summed E-state index contributed by atoms with van der Waals surface area (Å²) in [5.41, 5.74) is 3.03. The van der Waals surface area contributed by atoms with Gasteiger partial charge in [0.25, 0.3) is 0 Å². The molecule has 0 saturated carbocycles. The molecule has 1 atom stereocenters. The topological polar surface area (TPSA) is 88.5 Å². The van der Waals surface area contributed by atoms with Gasteiger partial charge >= 0.3 is 0 Å². The maximum atomic E-state index is 12.5. The molecular weight excluding hydrogens is 346 g/mol. The first-order valence-electron chi connectivity index (χ1n) is 8.68. The second-order valence-electron chi connectivity index (χ2n) is 6.53. The number of benzene rings is 1. The molecule has 1 aromatic carbocycles. The smallest absolute Gasteiger partial charge is 0.241 e. The zero-order valence-corrected chi connectivity index (χ0v) is 16.7. The summed E-state index contributed by atoms with van der Waals surface area (Å²) in [6.45, 7) is 5.59. The van der Waals surface area contributed by atoms with Crippen molar-refractivity contribution in [1.82, 2.24) is 14.7 Å². The van der Waals surface area contributed by atoms with Crippen LogP contribution >= 0.6 is 0 Å². The number of aryl methyl sites for hydroxylation is 2. The molecule has 0 saturated heterocycles. The molecule has 8 nitrogen and oxygen atoms in total. The van der Waals surface area contributed by atoms with Gasteiger partial charge in [-0.1, -0.05) is 0 Å². The molecule has 0 spiro atoms. The molecule has 2 rings (SSSR count). The molecule has 2 N–H and O–H groups in total. The van der Waals surface area contributed by atoms with Crippen molar-refractivity contribution in [2.75, 3.05) is 31.3 Å². The summed E-state index contributed by atoms with van der Waals surface area (Å²) in [4.78, 5) is 26.5. The van der Waals surface area contributed by atoms with E-state index in [-0.39, 0.29) is 18.4 Å². The number of likely N-dealkylation sites (N-methyl/N-ethyl adjacent to an activating group) is 1. The highest BCUT2D eigenvalue weighted by molar-refractivity contribution is 5.97. The number of carbonyl (C=O) groups excluding carboxylic acids is 2. The van der Waals surface area contributed by atoms with Crippen molar-refractivity contribution >= 4 is 23.2 Å². The van der Waals surface area contributed by atoms with Crippen molar-refractivity contribution in [2.24, 2.45) is 7.05 Å². The third kappa shape index (κ3) is 5.07. The van der Waals surface area contributed by atoms with Gasteiger partial charge in [0.05, 0.1) is 36.8 Å². The van der Waals surface area contributed by atoms with Gasteiger partial charge in [-0.05, 0) is 52.1 Å². The Morgan fingerprint density at radius 3 is 2.37 bits per heavy atom. The van der Waals surface area contributed by atoms with E-state index < -0.39 is 6.04 Å². The van der Waals surface area contributed by atoms with E-state index in [2.05, 4.69) is 15.7 Å². The fraction of sp³-hybridized carbons (Fsp3) is 0.421. The summed E-state index contributed by atoms with van der Waals surface area (Å²) in [5.74, 6) is 0.335. The second kappa shape index (κ2) is 8.68. The van der Waals surface area contributed by atoms with Gasteiger partial charge in [-0.3, -0.25) is 19.2 Å². The number of methoxy groups -OCH3 is 1. The summed E-state index contributed by atoms with van der Waals surface area (Å²) in [6, 6.07) is 6.59. The van der Waals surface area contributed by atoms with Crippen LogP contribution in [0.3, 0.4) is 0 Å². The molecule has 0 aliphatic rings. The number of aromatic nitrogens is 2. The van der Waals surface area contributed by atoms with Crippen molar-refractivity contribution in [3.63, 3.8) is 0 Å². The van der Waals surface area contributed by atoms with Crippen molar-refractivity contribution in [3.05, 3.63) is 35.7 Å². The van der Waals surface area contributed by atoms with Gasteiger partial charge in [0, 0.05) is 12.7 Å². The number of carbonyl (C=O) groups is 2. The zero-order chi connectivity index (χ0) is 20.1. The highest BCUT2D eigenvalue weighted by Crippen LogP contribution is 2.19. The minimum Gasteiger partial charge on any atom is -0.497 e. The Bertz CT molecular complexity index is 813. The molecule has 146 valence electrons. The average molecular weight is 373 g/mol. The molecule has 8 heteroatoms. The molecule has 0 aliphatic carbocycles. The van der Waals surface area contributed by atoms with Crippen LogP contribution in [-0.2, 0) is 16.6 Å². The molecule has 0 radical (unpaired) electrons. The predicted molar refractivity (Wildman–Crippen MR) is 105 cm³/mol. The quantitative estimate of drug-likeness (QED) is 0.774. The highest BCUT2D eigenvalue weighted by atomic mass is 16.5. The van der Waals surface area contributed by atoms with Crippen LogP contribution in [0.5, 0.6) is 5.75 Å². The lowest BCUT2D eigenvalue weighted by molar-refractivity contribution is -0.122. The minimum absolute atomic E-state index is 0.0889. The fourth-order valence-corrected chi connectivity index (χ4v) is 2.62. The van der Waals surface area contributed by atoms with Gasteiger partial charge in [-0.2, -0.15) is 5.10 Å². The number of hydrogen-bond acceptors (Lipinski definition) is 5. The second-order valence-corrected chi connectivity index (χ2v) is 6.53. The molecule has 1 heterocycles. The number of nitrogens with zero attached hydrogens (tertiary/aromatic N) is 3. The lowest BCUT2D eigenvalue weighted by atomic mass is 10.2. The Hall–Kier alpha value is -2.87. The van der Waals surface area contributed by atoms with E-state index in [1.807, 2.05) is 20.9 Å². The van der Waals surface area contributed by atoms with E-state index >= 15 is 0 Å². The van der Waals surface area contributed by atoms with Gasteiger partial charge in [0.15, 0.2) is 0 Å². The molecule has 0 bridgehead atoms. The third-order valence-corrected chi connectivity index (χ3v) is 4.56. The highest BCUT2D eigenvalue weighted by Gasteiger charge is 2.22. The third-order valence-electron chi connectivity index (χ3n) is 4.56. The first-order valence-corrected chi connectivity index (χ1v) is 8.68. The largest absolute Gasteiger partial charge is 0.497 e. The normalized spacial score (nSPS) is 12.0. The van der Waals surface area contributed by atoms with Crippen molar-refractivity contribution < 1.29 is 14.3 Å². The van der Waals surface area contributed by atoms with E-state index in [1.165, 1.54) is 0 Å². The maximum absolute atomic E-state index is 12.5. The number of nitrogens with one attached hydrogen (secondary N) is 2. The molecule has 0 aliphatic heterocycles. The van der Waals surface area contributed by atoms with Gasteiger partial charge in [-0.15, -0.1) is 0 Å². The van der Waals surface area contributed by atoms with Gasteiger partial charge in [0.1, 0.15) is 5.75 Å². The molecule has 2 amide bonds. The van der Waals surface area contributed by atoms with Crippen molar-refractivity contribution in [3.8, 4) is 5.75 Å². The molecule has 1 aromatic heterocycles. The Balaban J connectivity index is 1.92. The van der Waals surface area contributed by atoms with E-state index in [1.54, 1.807) is 54.9 Å². The summed E-state index contributed by atoms with van der Waals surface area (Å²) >= 11 is 0. The molecular formula is C19H27N5O3. The maximum Gasteiger partial charge on any atom is 0.241 e. The van der Waals surface area contributed by atoms with E-state index in [0.29, 0.717) is 11.4 Å². The number of ether oxygens (including phenoxy) is 1. The number of amides is 2. The number of anilines is 2. The molecule has 27 heavy (non-hydrogen) atoms. The average Bonchev–Trinajstić information content (AvgIpc) is 2.87. The minimum atomic E-state index is -0.481. The summed E-state index contributed by atoms with van der Waals surface area (Å²) < 4.78 is 6.82. The van der Waals surface area contributed by atoms with Crippen LogP contribution in [0.25, 0.3) is 0 Å². The van der Waals surface area contributed by atoms with Gasteiger partial charge in [0.2, 0.25) is 11.8 Å². The van der Waals surface area contributed by atoms with Crippen LogP contribution in [0.2, 0.25) is 0 Å². The molecule has 0 unspecified atom stereocenters. The Kier molecular flexibility index (Phi) is 6.57. The number of rotatable bonds is 7. The molecule has 0 fully saturated rings. The van der Waals surface area contributed by atoms with E-state index in [0.717, 1.165) is 17.1 Å². The Labute approximate surface area is 159 Å². The molecule has 2 aromatic rings. The SMILES string of the molecule is COc1ccc(NC(=O)CN(C)[C@@H](C)C(=O)Nc2c(C)nn(C)c2C)cc1. The number of hydrogen-bond donors (Lipinski definition) is 2.